The first-order chi connectivity index (χ1) is 11.9. The summed E-state index contributed by atoms with van der Waals surface area (Å²) in [5.41, 5.74) is 1.47. The molecule has 2 aromatic rings. The maximum absolute atomic E-state index is 12.5. The SMILES string of the molecule is COC(=O)c1cccc(C(=O)Nc2cc(NC(C)=O)ccc2OC)c1. The highest BCUT2D eigenvalue weighted by Crippen LogP contribution is 2.28. The summed E-state index contributed by atoms with van der Waals surface area (Å²) in [7, 11) is 2.74. The van der Waals surface area contributed by atoms with Gasteiger partial charge in [0.15, 0.2) is 0 Å². The number of methoxy groups -OCH3 is 2. The molecule has 0 aliphatic carbocycles. The van der Waals surface area contributed by atoms with Gasteiger partial charge >= 0.3 is 5.97 Å². The Morgan fingerprint density at radius 2 is 1.64 bits per heavy atom. The fourth-order valence-corrected chi connectivity index (χ4v) is 2.19. The van der Waals surface area contributed by atoms with Crippen LogP contribution < -0.4 is 15.4 Å². The average Bonchev–Trinajstić information content (AvgIpc) is 2.61. The van der Waals surface area contributed by atoms with Crippen LogP contribution in [0.3, 0.4) is 0 Å². The number of esters is 1. The molecule has 0 aromatic heterocycles. The van der Waals surface area contributed by atoms with Crippen LogP contribution >= 0.6 is 0 Å². The summed E-state index contributed by atoms with van der Waals surface area (Å²) >= 11 is 0. The van der Waals surface area contributed by atoms with Crippen molar-refractivity contribution in [1.29, 1.82) is 0 Å². The van der Waals surface area contributed by atoms with E-state index in [-0.39, 0.29) is 17.0 Å². The van der Waals surface area contributed by atoms with Crippen molar-refractivity contribution in [2.75, 3.05) is 24.9 Å². The monoisotopic (exact) mass is 342 g/mol. The van der Waals surface area contributed by atoms with Gasteiger partial charge in [0.05, 0.1) is 25.5 Å². The number of nitrogens with one attached hydrogen (secondary N) is 2. The Balaban J connectivity index is 2.27. The number of anilines is 2. The van der Waals surface area contributed by atoms with Crippen molar-refractivity contribution in [2.45, 2.75) is 6.92 Å². The molecule has 0 aliphatic heterocycles. The van der Waals surface area contributed by atoms with Gasteiger partial charge in [0.25, 0.3) is 5.91 Å². The van der Waals surface area contributed by atoms with E-state index in [1.165, 1.54) is 27.2 Å². The topological polar surface area (TPSA) is 93.7 Å². The van der Waals surface area contributed by atoms with Crippen molar-refractivity contribution >= 4 is 29.2 Å². The number of benzene rings is 2. The number of hydrogen-bond donors (Lipinski definition) is 2. The fourth-order valence-electron chi connectivity index (χ4n) is 2.19. The maximum Gasteiger partial charge on any atom is 0.337 e. The standard InChI is InChI=1S/C18H18N2O5/c1-11(21)19-14-7-8-16(24-2)15(10-14)20-17(22)12-5-4-6-13(9-12)18(23)25-3/h4-10H,1-3H3,(H,19,21)(H,20,22). The van der Waals surface area contributed by atoms with E-state index in [1.807, 2.05) is 0 Å². The van der Waals surface area contributed by atoms with Gasteiger partial charge in [-0.2, -0.15) is 0 Å². The van der Waals surface area contributed by atoms with Gasteiger partial charge in [-0.3, -0.25) is 9.59 Å². The lowest BCUT2D eigenvalue weighted by Gasteiger charge is -2.12. The molecule has 0 radical (unpaired) electrons. The fraction of sp³-hybridized carbons (Fsp3) is 0.167. The minimum atomic E-state index is -0.528. The van der Waals surface area contributed by atoms with Crippen LogP contribution in [-0.4, -0.2) is 32.0 Å². The summed E-state index contributed by atoms with van der Waals surface area (Å²) in [5, 5.41) is 5.34. The Morgan fingerprint density at radius 3 is 2.28 bits per heavy atom. The van der Waals surface area contributed by atoms with Gasteiger partial charge in [-0.1, -0.05) is 6.07 Å². The number of amides is 2. The molecular formula is C18H18N2O5. The van der Waals surface area contributed by atoms with Gasteiger partial charge in [0.2, 0.25) is 5.91 Å². The largest absolute Gasteiger partial charge is 0.495 e. The number of hydrogen-bond acceptors (Lipinski definition) is 5. The number of ether oxygens (including phenoxy) is 2. The van der Waals surface area contributed by atoms with Crippen molar-refractivity contribution in [1.82, 2.24) is 0 Å². The highest BCUT2D eigenvalue weighted by molar-refractivity contribution is 6.06. The lowest BCUT2D eigenvalue weighted by atomic mass is 10.1. The molecule has 7 nitrogen and oxygen atoms in total. The number of carbonyl (C=O) groups is 3. The Morgan fingerprint density at radius 1 is 0.920 bits per heavy atom. The second kappa shape index (κ2) is 7.96. The molecule has 2 aromatic carbocycles. The zero-order valence-electron chi connectivity index (χ0n) is 14.1. The third-order valence-corrected chi connectivity index (χ3v) is 3.31. The van der Waals surface area contributed by atoms with Crippen LogP contribution in [0.5, 0.6) is 5.75 Å². The molecule has 25 heavy (non-hydrogen) atoms. The van der Waals surface area contributed by atoms with E-state index in [0.29, 0.717) is 17.1 Å². The summed E-state index contributed by atoms with van der Waals surface area (Å²) in [6.45, 7) is 1.39. The van der Waals surface area contributed by atoms with E-state index in [9.17, 15) is 14.4 Å². The first kappa shape index (κ1) is 18.0. The Labute approximate surface area is 144 Å². The molecule has 0 heterocycles. The third-order valence-electron chi connectivity index (χ3n) is 3.31. The van der Waals surface area contributed by atoms with Crippen LogP contribution in [0.25, 0.3) is 0 Å². The zero-order chi connectivity index (χ0) is 18.4. The lowest BCUT2D eigenvalue weighted by molar-refractivity contribution is -0.114. The van der Waals surface area contributed by atoms with Crippen molar-refractivity contribution in [2.24, 2.45) is 0 Å². The van der Waals surface area contributed by atoms with Gasteiger partial charge in [0, 0.05) is 18.2 Å². The van der Waals surface area contributed by atoms with Crippen molar-refractivity contribution in [3.05, 3.63) is 53.6 Å². The Bertz CT molecular complexity index is 817. The maximum atomic E-state index is 12.5. The molecule has 0 saturated carbocycles. The molecule has 0 fully saturated rings. The van der Waals surface area contributed by atoms with Crippen LogP contribution in [0, 0.1) is 0 Å². The van der Waals surface area contributed by atoms with Gasteiger partial charge in [-0.25, -0.2) is 4.79 Å². The minimum Gasteiger partial charge on any atom is -0.495 e. The predicted octanol–water partition coefficient (Wildman–Crippen LogP) is 2.69. The molecule has 0 atom stereocenters. The first-order valence-electron chi connectivity index (χ1n) is 7.40. The van der Waals surface area contributed by atoms with Gasteiger partial charge in [-0.15, -0.1) is 0 Å². The van der Waals surface area contributed by atoms with Gasteiger partial charge in [-0.05, 0) is 36.4 Å². The average molecular weight is 342 g/mol. The van der Waals surface area contributed by atoms with E-state index in [0.717, 1.165) is 0 Å². The first-order valence-corrected chi connectivity index (χ1v) is 7.40. The summed E-state index contributed by atoms with van der Waals surface area (Å²) in [5.74, 6) is -0.747. The van der Waals surface area contributed by atoms with E-state index < -0.39 is 11.9 Å². The van der Waals surface area contributed by atoms with Crippen molar-refractivity contribution in [3.63, 3.8) is 0 Å². The third kappa shape index (κ3) is 4.57. The summed E-state index contributed by atoms with van der Waals surface area (Å²) < 4.78 is 9.87. The van der Waals surface area contributed by atoms with Crippen LogP contribution in [0.1, 0.15) is 27.6 Å². The van der Waals surface area contributed by atoms with E-state index in [4.69, 9.17) is 4.74 Å². The van der Waals surface area contributed by atoms with Gasteiger partial charge in [0.1, 0.15) is 5.75 Å². The molecule has 0 saturated heterocycles. The van der Waals surface area contributed by atoms with Crippen molar-refractivity contribution < 1.29 is 23.9 Å². The minimum absolute atomic E-state index is 0.228. The molecule has 0 bridgehead atoms. The van der Waals surface area contributed by atoms with Gasteiger partial charge < -0.3 is 20.1 Å². The normalized spacial score (nSPS) is 9.88. The quantitative estimate of drug-likeness (QED) is 0.815. The van der Waals surface area contributed by atoms with E-state index in [2.05, 4.69) is 15.4 Å². The molecule has 0 aliphatic rings. The summed E-state index contributed by atoms with van der Waals surface area (Å²) in [6, 6.07) is 11.0. The molecular weight excluding hydrogens is 324 g/mol. The number of rotatable bonds is 5. The molecule has 2 N–H and O–H groups in total. The molecule has 2 amide bonds. The molecule has 130 valence electrons. The summed E-state index contributed by atoms with van der Waals surface area (Å²) in [4.78, 5) is 35.2. The van der Waals surface area contributed by atoms with Crippen LogP contribution in [-0.2, 0) is 9.53 Å². The van der Waals surface area contributed by atoms with Crippen LogP contribution in [0.4, 0.5) is 11.4 Å². The second-order valence-electron chi connectivity index (χ2n) is 5.12. The number of carbonyl (C=O) groups excluding carboxylic acids is 3. The molecule has 0 spiro atoms. The highest BCUT2D eigenvalue weighted by Gasteiger charge is 2.13. The van der Waals surface area contributed by atoms with E-state index >= 15 is 0 Å². The highest BCUT2D eigenvalue weighted by atomic mass is 16.5. The van der Waals surface area contributed by atoms with Crippen LogP contribution in [0.15, 0.2) is 42.5 Å². The molecule has 2 rings (SSSR count). The molecule has 7 heteroatoms. The smallest absolute Gasteiger partial charge is 0.337 e. The zero-order valence-corrected chi connectivity index (χ0v) is 14.1. The van der Waals surface area contributed by atoms with E-state index in [1.54, 1.807) is 36.4 Å². The second-order valence-corrected chi connectivity index (χ2v) is 5.12. The van der Waals surface area contributed by atoms with Crippen LogP contribution in [0.2, 0.25) is 0 Å². The van der Waals surface area contributed by atoms with Crippen molar-refractivity contribution in [3.8, 4) is 5.75 Å². The molecule has 0 unspecified atom stereocenters. The predicted molar refractivity (Wildman–Crippen MR) is 93.0 cm³/mol. The lowest BCUT2D eigenvalue weighted by Crippen LogP contribution is -2.14. The Kier molecular flexibility index (Phi) is 5.73. The summed E-state index contributed by atoms with van der Waals surface area (Å²) in [6.07, 6.45) is 0. The Hall–Kier alpha value is -3.35.